The molecule has 3 N–H and O–H groups in total. The molecular formula is C35H43N3O3. The van der Waals surface area contributed by atoms with Crippen molar-refractivity contribution in [2.45, 2.75) is 108 Å². The van der Waals surface area contributed by atoms with Gasteiger partial charge in [-0.2, -0.15) is 0 Å². The lowest BCUT2D eigenvalue weighted by Gasteiger charge is -2.60. The molecule has 1 aromatic heterocycles. The minimum absolute atomic E-state index is 0.147. The number of piperidine rings is 2. The molecule has 8 rings (SSSR count). The number of hydrogen-bond donors (Lipinski definition) is 3. The fraction of sp³-hybridized carbons (Fsp3) is 0.543. The van der Waals surface area contributed by atoms with Gasteiger partial charge in [0, 0.05) is 42.1 Å². The molecule has 2 aliphatic heterocycles. The van der Waals surface area contributed by atoms with Crippen molar-refractivity contribution >= 4 is 22.7 Å². The Hall–Kier alpha value is -3.12. The van der Waals surface area contributed by atoms with Gasteiger partial charge >= 0.3 is 0 Å². The molecule has 3 heterocycles. The standard InChI is InChI=1S/C35H43N3O3/c1-21(29-20-36-30-6-4-5-28(32(29)30)24-9-10-24)13-31(39)38-26-14-23-15-27(38)18-35(16-23,17-26)33(40)37-19-22-7-11-25(12-8-22)34(2,3)41/h4-8,11-12,20-21,23-24,26-27,36,41H,9-10,13-19H2,1-3H3,(H,37,40). The lowest BCUT2D eigenvalue weighted by atomic mass is 9.55. The first-order valence-electron chi connectivity index (χ1n) is 15.6. The van der Waals surface area contributed by atoms with E-state index < -0.39 is 5.60 Å². The molecule has 2 saturated heterocycles. The molecule has 3 unspecified atom stereocenters. The summed E-state index contributed by atoms with van der Waals surface area (Å²) in [4.78, 5) is 33.2. The van der Waals surface area contributed by atoms with Crippen LogP contribution in [0.3, 0.4) is 0 Å². The van der Waals surface area contributed by atoms with Crippen molar-refractivity contribution in [3.8, 4) is 0 Å². The van der Waals surface area contributed by atoms with E-state index in [2.05, 4.69) is 46.5 Å². The lowest BCUT2D eigenvalue weighted by Crippen LogP contribution is -2.66. The van der Waals surface area contributed by atoms with Crippen LogP contribution in [0, 0.1) is 11.3 Å². The summed E-state index contributed by atoms with van der Waals surface area (Å²) in [6.07, 6.45) is 9.73. The molecule has 3 atom stereocenters. The minimum atomic E-state index is -0.878. The van der Waals surface area contributed by atoms with E-state index in [1.54, 1.807) is 13.8 Å². The average Bonchev–Trinajstić information content (AvgIpc) is 3.68. The molecule has 0 radical (unpaired) electrons. The number of amides is 2. The predicted molar refractivity (Wildman–Crippen MR) is 160 cm³/mol. The molecule has 3 aromatic rings. The van der Waals surface area contributed by atoms with Crippen molar-refractivity contribution in [3.05, 3.63) is 70.9 Å². The average molecular weight is 554 g/mol. The Morgan fingerprint density at radius 2 is 1.78 bits per heavy atom. The summed E-state index contributed by atoms with van der Waals surface area (Å²) < 4.78 is 0. The van der Waals surface area contributed by atoms with Crippen LogP contribution in [-0.4, -0.2) is 38.9 Å². The smallest absolute Gasteiger partial charge is 0.226 e. The first-order chi connectivity index (χ1) is 19.6. The Labute approximate surface area is 242 Å². The van der Waals surface area contributed by atoms with Crippen molar-refractivity contribution in [1.29, 1.82) is 0 Å². The van der Waals surface area contributed by atoms with Crippen LogP contribution in [0.4, 0.5) is 0 Å². The number of aromatic nitrogens is 1. The van der Waals surface area contributed by atoms with Gasteiger partial charge in [-0.25, -0.2) is 0 Å². The largest absolute Gasteiger partial charge is 0.386 e. The Morgan fingerprint density at radius 1 is 1.07 bits per heavy atom. The van der Waals surface area contributed by atoms with Crippen molar-refractivity contribution in [2.24, 2.45) is 11.3 Å². The molecule has 6 nitrogen and oxygen atoms in total. The van der Waals surface area contributed by atoms with Crippen LogP contribution in [0.15, 0.2) is 48.7 Å². The van der Waals surface area contributed by atoms with Crippen molar-refractivity contribution in [3.63, 3.8) is 0 Å². The molecule has 0 spiro atoms. The van der Waals surface area contributed by atoms with Gasteiger partial charge in [0.25, 0.3) is 0 Å². The first-order valence-corrected chi connectivity index (χ1v) is 15.6. The van der Waals surface area contributed by atoms with E-state index in [1.165, 1.54) is 34.9 Å². The van der Waals surface area contributed by atoms with E-state index in [4.69, 9.17) is 0 Å². The van der Waals surface area contributed by atoms with Crippen LogP contribution in [0.2, 0.25) is 0 Å². The van der Waals surface area contributed by atoms with Gasteiger partial charge in [0.05, 0.1) is 11.0 Å². The normalized spacial score (nSPS) is 27.8. The molecule has 3 aliphatic carbocycles. The molecule has 4 bridgehead atoms. The molecule has 6 heteroatoms. The maximum Gasteiger partial charge on any atom is 0.226 e. The van der Waals surface area contributed by atoms with Gasteiger partial charge in [-0.05, 0) is 105 Å². The highest BCUT2D eigenvalue weighted by Gasteiger charge is 2.58. The highest BCUT2D eigenvalue weighted by molar-refractivity contribution is 5.89. The van der Waals surface area contributed by atoms with E-state index >= 15 is 0 Å². The molecule has 216 valence electrons. The Balaban J connectivity index is 1.02. The third-order valence-electron chi connectivity index (χ3n) is 10.6. The van der Waals surface area contributed by atoms with E-state index in [0.717, 1.165) is 43.2 Å². The van der Waals surface area contributed by atoms with Crippen molar-refractivity contribution < 1.29 is 14.7 Å². The topological polar surface area (TPSA) is 85.4 Å². The second-order valence-corrected chi connectivity index (χ2v) is 14.2. The van der Waals surface area contributed by atoms with Gasteiger partial charge in [0.1, 0.15) is 0 Å². The summed E-state index contributed by atoms with van der Waals surface area (Å²) in [7, 11) is 0. The number of aromatic amines is 1. The number of rotatable bonds is 8. The van der Waals surface area contributed by atoms with Gasteiger partial charge in [-0.15, -0.1) is 0 Å². The first kappa shape index (κ1) is 26.8. The fourth-order valence-corrected chi connectivity index (χ4v) is 8.55. The lowest BCUT2D eigenvalue weighted by molar-refractivity contribution is -0.167. The van der Waals surface area contributed by atoms with E-state index in [1.807, 2.05) is 24.3 Å². The Bertz CT molecular complexity index is 1460. The number of carbonyl (C=O) groups excluding carboxylic acids is 2. The summed E-state index contributed by atoms with van der Waals surface area (Å²) in [5.41, 5.74) is 4.55. The van der Waals surface area contributed by atoms with Gasteiger partial charge in [0.15, 0.2) is 0 Å². The zero-order valence-corrected chi connectivity index (χ0v) is 24.6. The Kier molecular flexibility index (Phi) is 6.35. The third kappa shape index (κ3) is 4.78. The molecule has 5 fully saturated rings. The van der Waals surface area contributed by atoms with Gasteiger partial charge < -0.3 is 20.3 Å². The highest BCUT2D eigenvalue weighted by Crippen LogP contribution is 2.56. The SMILES string of the molecule is CC(CC(=O)N1C2CC3CC1CC(C(=O)NCc1ccc(C(C)(C)O)cc1)(C3)C2)c1c[nH]c2cccc(C3CC3)c12. The maximum absolute atomic E-state index is 13.9. The second-order valence-electron chi connectivity index (χ2n) is 14.2. The summed E-state index contributed by atoms with van der Waals surface area (Å²) in [6.45, 7) is 6.24. The number of H-pyrrole nitrogens is 1. The number of nitrogens with zero attached hydrogens (tertiary/aromatic N) is 1. The Morgan fingerprint density at radius 3 is 2.44 bits per heavy atom. The van der Waals surface area contributed by atoms with E-state index in [0.29, 0.717) is 24.8 Å². The van der Waals surface area contributed by atoms with Crippen LogP contribution >= 0.6 is 0 Å². The van der Waals surface area contributed by atoms with Gasteiger partial charge in [0.2, 0.25) is 11.8 Å². The van der Waals surface area contributed by atoms with Crippen LogP contribution < -0.4 is 5.32 Å². The fourth-order valence-electron chi connectivity index (χ4n) is 8.55. The molecule has 5 aliphatic rings. The van der Waals surface area contributed by atoms with Crippen LogP contribution in [-0.2, 0) is 21.7 Å². The number of benzene rings is 2. The summed E-state index contributed by atoms with van der Waals surface area (Å²) >= 11 is 0. The number of carbonyl (C=O) groups is 2. The number of fused-ring (bicyclic) bond motifs is 1. The maximum atomic E-state index is 13.9. The molecule has 2 aromatic carbocycles. The van der Waals surface area contributed by atoms with Crippen molar-refractivity contribution in [1.82, 2.24) is 15.2 Å². The third-order valence-corrected chi connectivity index (χ3v) is 10.6. The zero-order valence-electron chi connectivity index (χ0n) is 24.6. The summed E-state index contributed by atoms with van der Waals surface area (Å²) in [6, 6.07) is 14.7. The van der Waals surface area contributed by atoms with Gasteiger partial charge in [-0.1, -0.05) is 43.3 Å². The predicted octanol–water partition coefficient (Wildman–Crippen LogP) is 6.24. The quantitative estimate of drug-likeness (QED) is 0.309. The van der Waals surface area contributed by atoms with E-state index in [9.17, 15) is 14.7 Å². The highest BCUT2D eigenvalue weighted by atomic mass is 16.3. The zero-order chi connectivity index (χ0) is 28.5. The number of aliphatic hydroxyl groups is 1. The monoisotopic (exact) mass is 553 g/mol. The number of hydrogen-bond acceptors (Lipinski definition) is 3. The van der Waals surface area contributed by atoms with Gasteiger partial charge in [-0.3, -0.25) is 9.59 Å². The second kappa shape index (κ2) is 9.72. The molecule has 3 saturated carbocycles. The summed E-state index contributed by atoms with van der Waals surface area (Å²) in [5, 5.41) is 14.8. The van der Waals surface area contributed by atoms with Crippen LogP contribution in [0.5, 0.6) is 0 Å². The number of nitrogens with one attached hydrogen (secondary N) is 2. The molecular weight excluding hydrogens is 510 g/mol. The van der Waals surface area contributed by atoms with Crippen LogP contribution in [0.1, 0.15) is 106 Å². The molecule has 2 amide bonds. The van der Waals surface area contributed by atoms with Crippen LogP contribution in [0.25, 0.3) is 10.9 Å². The summed E-state index contributed by atoms with van der Waals surface area (Å²) in [5.74, 6) is 1.75. The van der Waals surface area contributed by atoms with Crippen molar-refractivity contribution in [2.75, 3.05) is 0 Å². The molecule has 41 heavy (non-hydrogen) atoms. The van der Waals surface area contributed by atoms with E-state index in [-0.39, 0.29) is 35.2 Å². The minimum Gasteiger partial charge on any atom is -0.386 e.